The van der Waals surface area contributed by atoms with Crippen LogP contribution in [0.1, 0.15) is 37.8 Å². The summed E-state index contributed by atoms with van der Waals surface area (Å²) in [5.41, 5.74) is 4.21. The van der Waals surface area contributed by atoms with E-state index in [0.29, 0.717) is 19.5 Å². The Bertz CT molecular complexity index is 892. The Balaban J connectivity index is 1.67. The first-order valence-electron chi connectivity index (χ1n) is 9.94. The van der Waals surface area contributed by atoms with Gasteiger partial charge >= 0.3 is 0 Å². The summed E-state index contributed by atoms with van der Waals surface area (Å²) in [5.74, 6) is -0.229. The van der Waals surface area contributed by atoms with Crippen molar-refractivity contribution in [2.24, 2.45) is 0 Å². The van der Waals surface area contributed by atoms with Gasteiger partial charge in [-0.15, -0.1) is 0 Å². The van der Waals surface area contributed by atoms with Crippen molar-refractivity contribution in [3.8, 4) is 11.1 Å². The van der Waals surface area contributed by atoms with Crippen molar-refractivity contribution < 1.29 is 14.4 Å². The fourth-order valence-corrected chi connectivity index (χ4v) is 3.54. The van der Waals surface area contributed by atoms with E-state index in [-0.39, 0.29) is 17.7 Å². The predicted molar refractivity (Wildman–Crippen MR) is 112 cm³/mol. The third-order valence-corrected chi connectivity index (χ3v) is 5.09. The van der Waals surface area contributed by atoms with Crippen molar-refractivity contribution in [1.82, 2.24) is 15.5 Å². The molecule has 0 bridgehead atoms. The van der Waals surface area contributed by atoms with E-state index in [1.807, 2.05) is 29.2 Å². The monoisotopic (exact) mass is 393 g/mol. The summed E-state index contributed by atoms with van der Waals surface area (Å²) in [5, 5.41) is 5.47. The molecule has 1 atom stereocenters. The predicted octanol–water partition coefficient (Wildman–Crippen LogP) is 2.62. The van der Waals surface area contributed by atoms with Crippen LogP contribution in [0.4, 0.5) is 0 Å². The maximum absolute atomic E-state index is 12.2. The van der Waals surface area contributed by atoms with Gasteiger partial charge in [-0.1, -0.05) is 48.5 Å². The van der Waals surface area contributed by atoms with E-state index >= 15 is 0 Å². The highest BCUT2D eigenvalue weighted by molar-refractivity contribution is 5.86. The fourth-order valence-electron chi connectivity index (χ4n) is 3.54. The van der Waals surface area contributed by atoms with E-state index in [4.69, 9.17) is 0 Å². The van der Waals surface area contributed by atoms with E-state index in [0.717, 1.165) is 35.2 Å². The van der Waals surface area contributed by atoms with Gasteiger partial charge in [0.2, 0.25) is 17.7 Å². The fraction of sp³-hybridized carbons (Fsp3) is 0.348. The number of carbonyl (C=O) groups is 3. The molecule has 1 heterocycles. The van der Waals surface area contributed by atoms with Gasteiger partial charge in [0.15, 0.2) is 0 Å². The van der Waals surface area contributed by atoms with Crippen LogP contribution < -0.4 is 10.6 Å². The highest BCUT2D eigenvalue weighted by Gasteiger charge is 2.20. The molecule has 3 amide bonds. The van der Waals surface area contributed by atoms with Crippen LogP contribution in [0.2, 0.25) is 0 Å². The molecule has 2 aromatic carbocycles. The lowest BCUT2D eigenvalue weighted by Gasteiger charge is -2.17. The molecule has 1 aliphatic heterocycles. The standard InChI is InChI=1S/C23H27N3O3/c1-16(25-17(2)27)23(29)24-14-20-6-3-4-7-21(20)19-11-9-18(10-12-19)15-26-13-5-8-22(26)28/h3-4,6-7,9-12,16H,5,8,13-15H2,1-2H3,(H,24,29)(H,25,27)/t16-/m0/s1. The van der Waals surface area contributed by atoms with Crippen LogP contribution in [0, 0.1) is 0 Å². The average Bonchev–Trinajstić information content (AvgIpc) is 3.11. The topological polar surface area (TPSA) is 78.5 Å². The molecule has 3 rings (SSSR count). The SMILES string of the molecule is CC(=O)N[C@@H](C)C(=O)NCc1ccccc1-c1ccc(CN2CCCC2=O)cc1. The molecule has 0 aromatic heterocycles. The maximum Gasteiger partial charge on any atom is 0.242 e. The number of nitrogens with one attached hydrogen (secondary N) is 2. The van der Waals surface area contributed by atoms with E-state index < -0.39 is 6.04 Å². The molecule has 1 aliphatic rings. The van der Waals surface area contributed by atoms with Gasteiger partial charge in [-0.3, -0.25) is 14.4 Å². The third-order valence-electron chi connectivity index (χ3n) is 5.09. The highest BCUT2D eigenvalue weighted by Crippen LogP contribution is 2.25. The number of rotatable bonds is 7. The van der Waals surface area contributed by atoms with Gasteiger partial charge in [0.1, 0.15) is 6.04 Å². The molecule has 6 heteroatoms. The number of hydrogen-bond acceptors (Lipinski definition) is 3. The van der Waals surface area contributed by atoms with Gasteiger partial charge in [-0.05, 0) is 35.6 Å². The summed E-state index contributed by atoms with van der Waals surface area (Å²) in [6.07, 6.45) is 1.59. The molecule has 0 saturated carbocycles. The van der Waals surface area contributed by atoms with Crippen molar-refractivity contribution in [3.63, 3.8) is 0 Å². The van der Waals surface area contributed by atoms with Crippen LogP contribution in [0.25, 0.3) is 11.1 Å². The number of carbonyl (C=O) groups excluding carboxylic acids is 3. The lowest BCUT2D eigenvalue weighted by molar-refractivity contribution is -0.128. The zero-order valence-electron chi connectivity index (χ0n) is 16.9. The first kappa shape index (κ1) is 20.6. The van der Waals surface area contributed by atoms with Gasteiger partial charge in [0, 0.05) is 33.0 Å². The number of amides is 3. The van der Waals surface area contributed by atoms with E-state index in [2.05, 4.69) is 34.9 Å². The van der Waals surface area contributed by atoms with Gasteiger partial charge in [-0.2, -0.15) is 0 Å². The largest absolute Gasteiger partial charge is 0.350 e. The quantitative estimate of drug-likeness (QED) is 0.759. The minimum absolute atomic E-state index is 0.222. The number of hydrogen-bond donors (Lipinski definition) is 2. The normalized spacial score (nSPS) is 14.6. The first-order chi connectivity index (χ1) is 13.9. The number of likely N-dealkylation sites (tertiary alicyclic amines) is 1. The molecule has 0 radical (unpaired) electrons. The molecular formula is C23H27N3O3. The zero-order valence-corrected chi connectivity index (χ0v) is 16.9. The van der Waals surface area contributed by atoms with Crippen LogP contribution >= 0.6 is 0 Å². The molecule has 0 unspecified atom stereocenters. The smallest absolute Gasteiger partial charge is 0.242 e. The second-order valence-electron chi connectivity index (χ2n) is 7.41. The van der Waals surface area contributed by atoms with Crippen LogP contribution in [0.5, 0.6) is 0 Å². The molecule has 1 fully saturated rings. The van der Waals surface area contributed by atoms with Crippen LogP contribution in [-0.2, 0) is 27.5 Å². The van der Waals surface area contributed by atoms with Gasteiger partial charge in [0.05, 0.1) is 0 Å². The molecule has 6 nitrogen and oxygen atoms in total. The summed E-state index contributed by atoms with van der Waals surface area (Å²) in [6, 6.07) is 15.5. The Hall–Kier alpha value is -3.15. The molecule has 1 saturated heterocycles. The average molecular weight is 393 g/mol. The highest BCUT2D eigenvalue weighted by atomic mass is 16.2. The lowest BCUT2D eigenvalue weighted by Crippen LogP contribution is -2.43. The summed E-state index contributed by atoms with van der Waals surface area (Å²) in [6.45, 7) is 4.91. The molecule has 0 aliphatic carbocycles. The Morgan fingerprint density at radius 3 is 2.48 bits per heavy atom. The van der Waals surface area contributed by atoms with Gasteiger partial charge < -0.3 is 15.5 Å². The summed E-state index contributed by atoms with van der Waals surface area (Å²) in [4.78, 5) is 37.0. The summed E-state index contributed by atoms with van der Waals surface area (Å²) >= 11 is 0. The molecular weight excluding hydrogens is 366 g/mol. The first-order valence-corrected chi connectivity index (χ1v) is 9.94. The lowest BCUT2D eigenvalue weighted by atomic mass is 9.98. The summed E-state index contributed by atoms with van der Waals surface area (Å²) in [7, 11) is 0. The third kappa shape index (κ3) is 5.44. The Labute approximate surface area is 171 Å². The second-order valence-corrected chi connectivity index (χ2v) is 7.41. The van der Waals surface area contributed by atoms with Crippen molar-refractivity contribution in [1.29, 1.82) is 0 Å². The van der Waals surface area contributed by atoms with Crippen LogP contribution in [0.15, 0.2) is 48.5 Å². The van der Waals surface area contributed by atoms with Crippen molar-refractivity contribution >= 4 is 17.7 Å². The molecule has 2 aromatic rings. The van der Waals surface area contributed by atoms with Crippen LogP contribution in [0.3, 0.4) is 0 Å². The maximum atomic E-state index is 12.2. The molecule has 152 valence electrons. The van der Waals surface area contributed by atoms with Gasteiger partial charge in [0.25, 0.3) is 0 Å². The van der Waals surface area contributed by atoms with E-state index in [1.165, 1.54) is 6.92 Å². The minimum Gasteiger partial charge on any atom is -0.350 e. The van der Waals surface area contributed by atoms with Crippen molar-refractivity contribution in [3.05, 3.63) is 59.7 Å². The summed E-state index contributed by atoms with van der Waals surface area (Å²) < 4.78 is 0. The van der Waals surface area contributed by atoms with Crippen molar-refractivity contribution in [2.45, 2.75) is 45.8 Å². The molecule has 29 heavy (non-hydrogen) atoms. The molecule has 2 N–H and O–H groups in total. The Kier molecular flexibility index (Phi) is 6.65. The van der Waals surface area contributed by atoms with E-state index in [9.17, 15) is 14.4 Å². The Morgan fingerprint density at radius 1 is 1.10 bits per heavy atom. The van der Waals surface area contributed by atoms with E-state index in [1.54, 1.807) is 6.92 Å². The van der Waals surface area contributed by atoms with Crippen molar-refractivity contribution in [2.75, 3.05) is 6.54 Å². The second kappa shape index (κ2) is 9.37. The number of nitrogens with zero attached hydrogens (tertiary/aromatic N) is 1. The number of benzene rings is 2. The van der Waals surface area contributed by atoms with Crippen LogP contribution in [-0.4, -0.2) is 35.2 Å². The minimum atomic E-state index is -0.577. The zero-order chi connectivity index (χ0) is 20.8. The Morgan fingerprint density at radius 2 is 1.83 bits per heavy atom. The van der Waals surface area contributed by atoms with Gasteiger partial charge in [-0.25, -0.2) is 0 Å². The molecule has 0 spiro atoms.